The Morgan fingerprint density at radius 1 is 0.771 bits per heavy atom. The molecule has 0 fully saturated rings. The summed E-state index contributed by atoms with van der Waals surface area (Å²) in [6.07, 6.45) is 1.62. The van der Waals surface area contributed by atoms with E-state index >= 15 is 0 Å². The van der Waals surface area contributed by atoms with Gasteiger partial charge in [0.2, 0.25) is 16.0 Å². The highest BCUT2D eigenvalue weighted by Crippen LogP contribution is 2.25. The molecule has 35 heavy (non-hydrogen) atoms. The van der Waals surface area contributed by atoms with Crippen LogP contribution < -0.4 is 20.1 Å². The number of benzene rings is 3. The summed E-state index contributed by atoms with van der Waals surface area (Å²) in [5, 5.41) is 6.30. The largest absolute Gasteiger partial charge is 0.457 e. The Hall–Kier alpha value is -3.95. The molecular weight excluding hydrogens is 462 g/mol. The van der Waals surface area contributed by atoms with Gasteiger partial charge in [-0.05, 0) is 81.4 Å². The summed E-state index contributed by atoms with van der Waals surface area (Å²) in [5.74, 6) is 2.39. The first-order chi connectivity index (χ1) is 16.7. The van der Waals surface area contributed by atoms with E-state index in [-0.39, 0.29) is 4.90 Å². The van der Waals surface area contributed by atoms with Crippen LogP contribution in [0.4, 0.5) is 23.1 Å². The first-order valence-corrected chi connectivity index (χ1v) is 12.5. The van der Waals surface area contributed by atoms with Crippen LogP contribution in [0.15, 0.2) is 96.0 Å². The Morgan fingerprint density at radius 3 is 2.20 bits per heavy atom. The van der Waals surface area contributed by atoms with E-state index in [0.717, 1.165) is 11.4 Å². The van der Waals surface area contributed by atoms with E-state index in [4.69, 9.17) is 4.74 Å². The van der Waals surface area contributed by atoms with E-state index in [1.165, 1.54) is 0 Å². The molecular formula is C26H27N5O3S. The van der Waals surface area contributed by atoms with E-state index in [9.17, 15) is 8.42 Å². The van der Waals surface area contributed by atoms with Crippen LogP contribution in [0.5, 0.6) is 11.5 Å². The topological polar surface area (TPSA) is 105 Å². The number of nitrogens with zero attached hydrogens (tertiary/aromatic N) is 2. The Morgan fingerprint density at radius 2 is 1.49 bits per heavy atom. The lowest BCUT2D eigenvalue weighted by molar-refractivity contribution is 0.483. The Kier molecular flexibility index (Phi) is 6.99. The van der Waals surface area contributed by atoms with E-state index in [1.54, 1.807) is 57.3 Å². The number of sulfonamides is 1. The van der Waals surface area contributed by atoms with Gasteiger partial charge in [0.25, 0.3) is 0 Å². The van der Waals surface area contributed by atoms with E-state index < -0.39 is 15.6 Å². The third-order valence-corrected chi connectivity index (χ3v) is 6.36. The van der Waals surface area contributed by atoms with Gasteiger partial charge in [-0.1, -0.05) is 24.3 Å². The summed E-state index contributed by atoms with van der Waals surface area (Å²) in [4.78, 5) is 8.91. The van der Waals surface area contributed by atoms with Crippen LogP contribution in [0.3, 0.4) is 0 Å². The first kappa shape index (κ1) is 24.2. The molecule has 1 heterocycles. The van der Waals surface area contributed by atoms with Crippen molar-refractivity contribution in [2.24, 2.45) is 0 Å². The minimum Gasteiger partial charge on any atom is -0.457 e. The number of rotatable bonds is 8. The van der Waals surface area contributed by atoms with Gasteiger partial charge in [-0.15, -0.1) is 0 Å². The van der Waals surface area contributed by atoms with E-state index in [2.05, 4.69) is 25.3 Å². The van der Waals surface area contributed by atoms with Crippen LogP contribution >= 0.6 is 0 Å². The Labute approximate surface area is 205 Å². The van der Waals surface area contributed by atoms with Gasteiger partial charge in [-0.25, -0.2) is 18.1 Å². The second-order valence-electron chi connectivity index (χ2n) is 8.84. The minimum atomic E-state index is -3.65. The van der Waals surface area contributed by atoms with Gasteiger partial charge < -0.3 is 15.4 Å². The molecule has 0 bridgehead atoms. The van der Waals surface area contributed by atoms with Crippen LogP contribution in [-0.2, 0) is 10.0 Å². The minimum absolute atomic E-state index is 0.169. The summed E-state index contributed by atoms with van der Waals surface area (Å²) in [6.45, 7) is 5.39. The van der Waals surface area contributed by atoms with Crippen LogP contribution in [-0.4, -0.2) is 23.9 Å². The molecule has 0 radical (unpaired) electrons. The van der Waals surface area contributed by atoms with Crippen molar-refractivity contribution in [3.63, 3.8) is 0 Å². The number of anilines is 4. The van der Waals surface area contributed by atoms with Gasteiger partial charge in [0.1, 0.15) is 17.3 Å². The van der Waals surface area contributed by atoms with Crippen LogP contribution in [0.2, 0.25) is 0 Å². The maximum Gasteiger partial charge on any atom is 0.241 e. The second kappa shape index (κ2) is 10.1. The summed E-state index contributed by atoms with van der Waals surface area (Å²) in [7, 11) is -3.65. The van der Waals surface area contributed by atoms with Crippen molar-refractivity contribution in [1.29, 1.82) is 0 Å². The third kappa shape index (κ3) is 7.02. The third-order valence-electron chi connectivity index (χ3n) is 4.60. The molecule has 0 amide bonds. The fraction of sp³-hybridized carbons (Fsp3) is 0.154. The molecule has 180 valence electrons. The SMILES string of the molecule is CC(C)(C)NS(=O)(=O)c1cccc(Nc2ccnc(Nc3ccc(Oc4ccccc4)cc3)n2)c1. The zero-order valence-corrected chi connectivity index (χ0v) is 20.5. The van der Waals surface area contributed by atoms with Crippen molar-refractivity contribution in [3.05, 3.63) is 91.1 Å². The summed E-state index contributed by atoms with van der Waals surface area (Å²) < 4.78 is 33.8. The summed E-state index contributed by atoms with van der Waals surface area (Å²) >= 11 is 0. The average molecular weight is 490 g/mol. The molecule has 4 aromatic rings. The lowest BCUT2D eigenvalue weighted by Crippen LogP contribution is -2.40. The molecule has 9 heteroatoms. The van der Waals surface area contributed by atoms with Crippen LogP contribution in [0.25, 0.3) is 0 Å². The van der Waals surface area contributed by atoms with Crippen molar-refractivity contribution in [1.82, 2.24) is 14.7 Å². The molecule has 0 aliphatic heterocycles. The van der Waals surface area contributed by atoms with Gasteiger partial charge in [-0.2, -0.15) is 4.98 Å². The predicted octanol–water partition coefficient (Wildman–Crippen LogP) is 5.83. The van der Waals surface area contributed by atoms with Crippen LogP contribution in [0.1, 0.15) is 20.8 Å². The zero-order valence-electron chi connectivity index (χ0n) is 19.7. The fourth-order valence-corrected chi connectivity index (χ4v) is 4.66. The van der Waals surface area contributed by atoms with E-state index in [0.29, 0.717) is 23.2 Å². The van der Waals surface area contributed by atoms with Gasteiger partial charge >= 0.3 is 0 Å². The quantitative estimate of drug-likeness (QED) is 0.286. The van der Waals surface area contributed by atoms with E-state index in [1.807, 2.05) is 54.6 Å². The maximum absolute atomic E-state index is 12.7. The van der Waals surface area contributed by atoms with Crippen LogP contribution in [0, 0.1) is 0 Å². The molecule has 0 unspecified atom stereocenters. The first-order valence-electron chi connectivity index (χ1n) is 11.0. The Balaban J connectivity index is 1.43. The van der Waals surface area contributed by atoms with Crippen molar-refractivity contribution in [3.8, 4) is 11.5 Å². The highest BCUT2D eigenvalue weighted by atomic mass is 32.2. The van der Waals surface area contributed by atoms with Gasteiger partial charge in [0.15, 0.2) is 0 Å². The maximum atomic E-state index is 12.7. The molecule has 0 aliphatic rings. The average Bonchev–Trinajstić information content (AvgIpc) is 2.80. The van der Waals surface area contributed by atoms with Crippen molar-refractivity contribution < 1.29 is 13.2 Å². The van der Waals surface area contributed by atoms with Crippen molar-refractivity contribution >= 4 is 33.2 Å². The van der Waals surface area contributed by atoms with Gasteiger partial charge in [-0.3, -0.25) is 0 Å². The highest BCUT2D eigenvalue weighted by Gasteiger charge is 2.22. The smallest absolute Gasteiger partial charge is 0.241 e. The zero-order chi connectivity index (χ0) is 24.9. The molecule has 0 saturated heterocycles. The van der Waals surface area contributed by atoms with Gasteiger partial charge in [0, 0.05) is 23.1 Å². The molecule has 0 atom stereocenters. The summed E-state index contributed by atoms with van der Waals surface area (Å²) in [6, 6.07) is 25.3. The molecule has 8 nitrogen and oxygen atoms in total. The Bertz CT molecular complexity index is 1390. The summed E-state index contributed by atoms with van der Waals surface area (Å²) in [5.41, 5.74) is 0.805. The molecule has 1 aromatic heterocycles. The standard InChI is InChI=1S/C26H27N5O3S/c1-26(2,3)31-35(32,33)23-11-7-8-20(18-23)28-24-16-17-27-25(30-24)29-19-12-14-22(15-13-19)34-21-9-5-4-6-10-21/h4-18,31H,1-3H3,(H2,27,28,29,30). The molecule has 3 N–H and O–H groups in total. The molecule has 4 rings (SSSR count). The number of ether oxygens (including phenoxy) is 1. The van der Waals surface area contributed by atoms with Crippen molar-refractivity contribution in [2.45, 2.75) is 31.2 Å². The van der Waals surface area contributed by atoms with Gasteiger partial charge in [0.05, 0.1) is 4.90 Å². The second-order valence-corrected chi connectivity index (χ2v) is 10.5. The lowest BCUT2D eigenvalue weighted by Gasteiger charge is -2.20. The fourth-order valence-electron chi connectivity index (χ4n) is 3.20. The monoisotopic (exact) mass is 489 g/mol. The molecule has 3 aromatic carbocycles. The number of aromatic nitrogens is 2. The molecule has 0 aliphatic carbocycles. The normalized spacial score (nSPS) is 11.6. The lowest BCUT2D eigenvalue weighted by atomic mass is 10.1. The predicted molar refractivity (Wildman–Crippen MR) is 138 cm³/mol. The number of nitrogens with one attached hydrogen (secondary N) is 3. The number of para-hydroxylation sites is 1. The molecule has 0 spiro atoms. The number of hydrogen-bond acceptors (Lipinski definition) is 7. The highest BCUT2D eigenvalue weighted by molar-refractivity contribution is 7.89. The molecule has 0 saturated carbocycles. The van der Waals surface area contributed by atoms with Crippen molar-refractivity contribution in [2.75, 3.05) is 10.6 Å². The number of hydrogen-bond donors (Lipinski definition) is 3.